The van der Waals surface area contributed by atoms with Gasteiger partial charge in [0, 0.05) is 37.7 Å². The number of rotatable bonds is 6. The van der Waals surface area contributed by atoms with Gasteiger partial charge in [0.2, 0.25) is 0 Å². The van der Waals surface area contributed by atoms with Gasteiger partial charge in [-0.2, -0.15) is 0 Å². The number of hydrogen-bond acceptors (Lipinski definition) is 6. The molecule has 0 atom stereocenters. The van der Waals surface area contributed by atoms with E-state index in [1.807, 2.05) is 19.1 Å². The number of H-pyrrole nitrogens is 1. The lowest BCUT2D eigenvalue weighted by Crippen LogP contribution is -2.33. The third-order valence-electron chi connectivity index (χ3n) is 6.12. The average molecular weight is 414 g/mol. The number of benzene rings is 1. The Morgan fingerprint density at radius 3 is 2.67 bits per heavy atom. The molecule has 2 aliphatic rings. The Morgan fingerprint density at radius 1 is 1.17 bits per heavy atom. The molecule has 7 nitrogen and oxygen atoms in total. The lowest BCUT2D eigenvalue weighted by molar-refractivity contribution is 0.0834. The molecule has 0 saturated carbocycles. The first-order valence-electron chi connectivity index (χ1n) is 11.0. The van der Waals surface area contributed by atoms with Crippen LogP contribution in [0, 0.1) is 0 Å². The normalized spacial score (nSPS) is 19.1. The molecule has 2 saturated heterocycles. The van der Waals surface area contributed by atoms with Crippen molar-refractivity contribution in [2.45, 2.75) is 51.0 Å². The molecule has 2 aliphatic heterocycles. The molecule has 0 unspecified atom stereocenters. The minimum Gasteiger partial charge on any atom is -0.504 e. The van der Waals surface area contributed by atoms with E-state index in [1.165, 1.54) is 0 Å². The Kier molecular flexibility index (Phi) is 6.69. The Bertz CT molecular complexity index is 900. The van der Waals surface area contributed by atoms with Crippen molar-refractivity contribution >= 4 is 0 Å². The topological polar surface area (TPSA) is 87.7 Å². The fraction of sp³-hybridized carbons (Fsp3) is 0.565. The standard InChI is InChI=1S/C23H31N3O4/c1-2-30-21-13-16(3-4-20(21)27)15-26-9-5-17(6-10-26)19-14-22(28)25-23(24-19)18-7-11-29-12-8-18/h3-4,13-14,17-18,27H,2,5-12,15H2,1H3,(H,24,25,28). The first-order valence-corrected chi connectivity index (χ1v) is 11.0. The van der Waals surface area contributed by atoms with Gasteiger partial charge in [-0.1, -0.05) is 6.07 Å². The number of aromatic amines is 1. The van der Waals surface area contributed by atoms with Crippen LogP contribution in [-0.2, 0) is 11.3 Å². The summed E-state index contributed by atoms with van der Waals surface area (Å²) in [5, 5.41) is 9.89. The van der Waals surface area contributed by atoms with Crippen LogP contribution in [0.3, 0.4) is 0 Å². The molecule has 1 aromatic heterocycles. The number of ether oxygens (including phenoxy) is 2. The van der Waals surface area contributed by atoms with Crippen LogP contribution in [-0.4, -0.2) is 52.9 Å². The summed E-state index contributed by atoms with van der Waals surface area (Å²) in [6.45, 7) is 6.64. The first-order chi connectivity index (χ1) is 14.6. The van der Waals surface area contributed by atoms with Crippen LogP contribution in [0.4, 0.5) is 0 Å². The summed E-state index contributed by atoms with van der Waals surface area (Å²) in [4.78, 5) is 22.5. The molecule has 0 aliphatic carbocycles. The van der Waals surface area contributed by atoms with Gasteiger partial charge in [0.15, 0.2) is 11.5 Å². The van der Waals surface area contributed by atoms with E-state index in [0.717, 1.165) is 75.6 Å². The molecule has 0 bridgehead atoms. The molecule has 30 heavy (non-hydrogen) atoms. The summed E-state index contributed by atoms with van der Waals surface area (Å²) in [5.41, 5.74) is 2.02. The quantitative estimate of drug-likeness (QED) is 0.756. The van der Waals surface area contributed by atoms with Gasteiger partial charge in [-0.15, -0.1) is 0 Å². The SMILES string of the molecule is CCOc1cc(CN2CCC(c3cc(=O)[nH]c(C4CCOCC4)n3)CC2)ccc1O. The van der Waals surface area contributed by atoms with Crippen molar-refractivity contribution in [2.24, 2.45) is 0 Å². The van der Waals surface area contributed by atoms with Gasteiger partial charge in [0.1, 0.15) is 5.82 Å². The van der Waals surface area contributed by atoms with Crippen molar-refractivity contribution in [3.63, 3.8) is 0 Å². The molecule has 0 amide bonds. The van der Waals surface area contributed by atoms with Gasteiger partial charge in [-0.25, -0.2) is 4.98 Å². The van der Waals surface area contributed by atoms with Gasteiger partial charge < -0.3 is 19.6 Å². The Labute approximate surface area is 177 Å². The van der Waals surface area contributed by atoms with E-state index in [0.29, 0.717) is 24.2 Å². The number of nitrogens with zero attached hydrogens (tertiary/aromatic N) is 2. The number of phenolic OH excluding ortho intramolecular Hbond substituents is 1. The molecular weight excluding hydrogens is 382 g/mol. The number of piperidine rings is 1. The fourth-order valence-corrected chi connectivity index (χ4v) is 4.44. The van der Waals surface area contributed by atoms with Crippen LogP contribution >= 0.6 is 0 Å². The molecule has 162 valence electrons. The molecule has 2 aromatic rings. The molecule has 7 heteroatoms. The molecule has 2 fully saturated rings. The largest absolute Gasteiger partial charge is 0.504 e. The van der Waals surface area contributed by atoms with Crippen LogP contribution in [0.2, 0.25) is 0 Å². The van der Waals surface area contributed by atoms with Crippen molar-refractivity contribution in [1.29, 1.82) is 0 Å². The number of aromatic nitrogens is 2. The second kappa shape index (κ2) is 9.62. The van der Waals surface area contributed by atoms with E-state index < -0.39 is 0 Å². The smallest absolute Gasteiger partial charge is 0.251 e. The Morgan fingerprint density at radius 2 is 1.93 bits per heavy atom. The van der Waals surface area contributed by atoms with E-state index in [-0.39, 0.29) is 11.3 Å². The minimum atomic E-state index is -0.0449. The van der Waals surface area contributed by atoms with Crippen LogP contribution in [0.1, 0.15) is 61.5 Å². The number of hydrogen-bond donors (Lipinski definition) is 2. The maximum atomic E-state index is 12.2. The van der Waals surface area contributed by atoms with E-state index in [9.17, 15) is 9.90 Å². The summed E-state index contributed by atoms with van der Waals surface area (Å²) < 4.78 is 10.9. The second-order valence-electron chi connectivity index (χ2n) is 8.23. The number of aromatic hydroxyl groups is 1. The zero-order chi connectivity index (χ0) is 20.9. The van der Waals surface area contributed by atoms with Gasteiger partial charge >= 0.3 is 0 Å². The lowest BCUT2D eigenvalue weighted by atomic mass is 9.92. The van der Waals surface area contributed by atoms with Crippen molar-refractivity contribution in [1.82, 2.24) is 14.9 Å². The van der Waals surface area contributed by atoms with Crippen molar-refractivity contribution < 1.29 is 14.6 Å². The fourth-order valence-electron chi connectivity index (χ4n) is 4.44. The monoisotopic (exact) mass is 413 g/mol. The van der Waals surface area contributed by atoms with Gasteiger partial charge in [0.05, 0.1) is 12.3 Å². The number of likely N-dealkylation sites (tertiary alicyclic amines) is 1. The summed E-state index contributed by atoms with van der Waals surface area (Å²) in [5.74, 6) is 2.16. The second-order valence-corrected chi connectivity index (χ2v) is 8.23. The third kappa shape index (κ3) is 5.02. The number of phenols is 1. The van der Waals surface area contributed by atoms with Crippen molar-refractivity contribution in [3.05, 3.63) is 51.7 Å². The summed E-state index contributed by atoms with van der Waals surface area (Å²) in [6.07, 6.45) is 3.81. The predicted octanol–water partition coefficient (Wildman–Crippen LogP) is 3.15. The zero-order valence-electron chi connectivity index (χ0n) is 17.6. The predicted molar refractivity (Wildman–Crippen MR) is 114 cm³/mol. The lowest BCUT2D eigenvalue weighted by Gasteiger charge is -2.32. The van der Waals surface area contributed by atoms with Crippen molar-refractivity contribution in [2.75, 3.05) is 32.9 Å². The highest BCUT2D eigenvalue weighted by Gasteiger charge is 2.25. The molecule has 0 radical (unpaired) electrons. The van der Waals surface area contributed by atoms with Gasteiger partial charge in [0.25, 0.3) is 5.56 Å². The maximum Gasteiger partial charge on any atom is 0.251 e. The van der Waals surface area contributed by atoms with Gasteiger partial charge in [-0.05, 0) is 63.4 Å². The molecule has 1 aromatic carbocycles. The van der Waals surface area contributed by atoms with Crippen molar-refractivity contribution in [3.8, 4) is 11.5 Å². The highest BCUT2D eigenvalue weighted by atomic mass is 16.5. The first kappa shape index (κ1) is 20.9. The van der Waals surface area contributed by atoms with E-state index in [2.05, 4.69) is 9.88 Å². The van der Waals surface area contributed by atoms with E-state index >= 15 is 0 Å². The van der Waals surface area contributed by atoms with Crippen LogP contribution in [0.15, 0.2) is 29.1 Å². The van der Waals surface area contributed by atoms with E-state index in [4.69, 9.17) is 14.5 Å². The van der Waals surface area contributed by atoms with E-state index in [1.54, 1.807) is 12.1 Å². The molecule has 2 N–H and O–H groups in total. The highest BCUT2D eigenvalue weighted by Crippen LogP contribution is 2.31. The van der Waals surface area contributed by atoms with Crippen LogP contribution in [0.5, 0.6) is 11.5 Å². The Balaban J connectivity index is 1.38. The van der Waals surface area contributed by atoms with Crippen LogP contribution < -0.4 is 10.3 Å². The van der Waals surface area contributed by atoms with Crippen LogP contribution in [0.25, 0.3) is 0 Å². The maximum absolute atomic E-state index is 12.2. The molecule has 0 spiro atoms. The summed E-state index contributed by atoms with van der Waals surface area (Å²) >= 11 is 0. The third-order valence-corrected chi connectivity index (χ3v) is 6.12. The molecular formula is C23H31N3O4. The zero-order valence-corrected chi connectivity index (χ0v) is 17.6. The van der Waals surface area contributed by atoms with Gasteiger partial charge in [-0.3, -0.25) is 9.69 Å². The molecule has 3 heterocycles. The Hall–Kier alpha value is -2.38. The highest BCUT2D eigenvalue weighted by molar-refractivity contribution is 5.41. The average Bonchev–Trinajstić information content (AvgIpc) is 2.77. The molecule has 4 rings (SSSR count). The minimum absolute atomic E-state index is 0.0449. The summed E-state index contributed by atoms with van der Waals surface area (Å²) in [7, 11) is 0. The summed E-state index contributed by atoms with van der Waals surface area (Å²) in [6, 6.07) is 7.24. The number of nitrogens with one attached hydrogen (secondary N) is 1.